The SMILES string of the molecule is CN(Cc1cscn1)C(=O)Cc1cccc(N)c1. The molecule has 2 aromatic rings. The molecule has 18 heavy (non-hydrogen) atoms. The maximum absolute atomic E-state index is 12.0. The lowest BCUT2D eigenvalue weighted by atomic mass is 10.1. The molecule has 0 aliphatic heterocycles. The van der Waals surface area contributed by atoms with Crippen molar-refractivity contribution in [2.24, 2.45) is 0 Å². The minimum Gasteiger partial charge on any atom is -0.399 e. The summed E-state index contributed by atoms with van der Waals surface area (Å²) >= 11 is 1.53. The Labute approximate surface area is 110 Å². The van der Waals surface area contributed by atoms with Crippen molar-refractivity contribution in [3.8, 4) is 0 Å². The second-order valence-electron chi connectivity index (χ2n) is 4.15. The van der Waals surface area contributed by atoms with Crippen molar-refractivity contribution in [2.45, 2.75) is 13.0 Å². The molecule has 0 unspecified atom stereocenters. The van der Waals surface area contributed by atoms with Gasteiger partial charge in [0.05, 0.1) is 24.2 Å². The van der Waals surface area contributed by atoms with E-state index in [-0.39, 0.29) is 5.91 Å². The first-order valence-electron chi connectivity index (χ1n) is 5.60. The standard InChI is InChI=1S/C13H15N3OS/c1-16(7-12-8-18-9-15-12)13(17)6-10-3-2-4-11(14)5-10/h2-5,8-9H,6-7,14H2,1H3. The highest BCUT2D eigenvalue weighted by molar-refractivity contribution is 7.07. The number of benzene rings is 1. The minimum atomic E-state index is 0.0635. The molecular formula is C13H15N3OS. The predicted octanol–water partition coefficient (Wildman–Crippen LogP) is 1.93. The lowest BCUT2D eigenvalue weighted by molar-refractivity contribution is -0.129. The number of hydrogen-bond acceptors (Lipinski definition) is 4. The summed E-state index contributed by atoms with van der Waals surface area (Å²) in [4.78, 5) is 17.9. The van der Waals surface area contributed by atoms with E-state index in [1.54, 1.807) is 17.5 Å². The van der Waals surface area contributed by atoms with Gasteiger partial charge in [0, 0.05) is 18.1 Å². The Morgan fingerprint density at radius 2 is 2.33 bits per heavy atom. The van der Waals surface area contributed by atoms with Gasteiger partial charge in [-0.25, -0.2) is 4.98 Å². The molecule has 0 atom stereocenters. The Hall–Kier alpha value is -1.88. The summed E-state index contributed by atoms with van der Waals surface area (Å²) in [6, 6.07) is 7.41. The Morgan fingerprint density at radius 1 is 1.50 bits per heavy atom. The third-order valence-corrected chi connectivity index (χ3v) is 3.25. The zero-order valence-corrected chi connectivity index (χ0v) is 11.0. The smallest absolute Gasteiger partial charge is 0.227 e. The second kappa shape index (κ2) is 5.64. The lowest BCUT2D eigenvalue weighted by Crippen LogP contribution is -2.27. The fourth-order valence-electron chi connectivity index (χ4n) is 1.66. The molecule has 0 aliphatic rings. The first kappa shape index (κ1) is 12.6. The van der Waals surface area contributed by atoms with Crippen LogP contribution in [0, 0.1) is 0 Å². The third kappa shape index (κ3) is 3.30. The first-order chi connectivity index (χ1) is 8.65. The van der Waals surface area contributed by atoms with E-state index < -0.39 is 0 Å². The van der Waals surface area contributed by atoms with E-state index >= 15 is 0 Å². The fourth-order valence-corrected chi connectivity index (χ4v) is 2.21. The number of anilines is 1. The number of hydrogen-bond donors (Lipinski definition) is 1. The predicted molar refractivity (Wildman–Crippen MR) is 73.1 cm³/mol. The van der Waals surface area contributed by atoms with Crippen LogP contribution in [0.25, 0.3) is 0 Å². The fraction of sp³-hybridized carbons (Fsp3) is 0.231. The van der Waals surface area contributed by atoms with Crippen LogP contribution in [-0.2, 0) is 17.8 Å². The number of carbonyl (C=O) groups excluding carboxylic acids is 1. The number of carbonyl (C=O) groups is 1. The topological polar surface area (TPSA) is 59.2 Å². The van der Waals surface area contributed by atoms with Gasteiger partial charge in [0.1, 0.15) is 0 Å². The molecule has 0 spiro atoms. The van der Waals surface area contributed by atoms with Crippen LogP contribution >= 0.6 is 11.3 Å². The Bertz CT molecular complexity index is 525. The highest BCUT2D eigenvalue weighted by Crippen LogP contribution is 2.10. The minimum absolute atomic E-state index is 0.0635. The van der Waals surface area contributed by atoms with E-state index in [1.165, 1.54) is 11.3 Å². The van der Waals surface area contributed by atoms with Crippen molar-refractivity contribution in [1.82, 2.24) is 9.88 Å². The van der Waals surface area contributed by atoms with Crippen molar-refractivity contribution in [2.75, 3.05) is 12.8 Å². The number of aromatic nitrogens is 1. The van der Waals surface area contributed by atoms with Gasteiger partial charge in [-0.15, -0.1) is 11.3 Å². The van der Waals surface area contributed by atoms with Crippen LogP contribution in [0.2, 0.25) is 0 Å². The molecule has 1 heterocycles. The average Bonchev–Trinajstić information content (AvgIpc) is 2.81. The third-order valence-electron chi connectivity index (χ3n) is 2.61. The van der Waals surface area contributed by atoms with Crippen molar-refractivity contribution in [3.05, 3.63) is 46.4 Å². The van der Waals surface area contributed by atoms with Crippen LogP contribution in [-0.4, -0.2) is 22.8 Å². The van der Waals surface area contributed by atoms with Crippen LogP contribution in [0.15, 0.2) is 35.2 Å². The van der Waals surface area contributed by atoms with Crippen molar-refractivity contribution in [1.29, 1.82) is 0 Å². The van der Waals surface area contributed by atoms with Gasteiger partial charge in [0.2, 0.25) is 5.91 Å². The monoisotopic (exact) mass is 261 g/mol. The van der Waals surface area contributed by atoms with Gasteiger partial charge >= 0.3 is 0 Å². The Kier molecular flexibility index (Phi) is 3.94. The number of amides is 1. The first-order valence-corrected chi connectivity index (χ1v) is 6.55. The van der Waals surface area contributed by atoms with E-state index in [2.05, 4.69) is 4.98 Å². The number of thiazole rings is 1. The average molecular weight is 261 g/mol. The normalized spacial score (nSPS) is 10.3. The number of nitrogens with two attached hydrogens (primary N) is 1. The van der Waals surface area contributed by atoms with Gasteiger partial charge < -0.3 is 10.6 Å². The molecule has 1 amide bonds. The molecular weight excluding hydrogens is 246 g/mol. The molecule has 1 aromatic carbocycles. The van der Waals surface area contributed by atoms with E-state index in [4.69, 9.17) is 5.73 Å². The van der Waals surface area contributed by atoms with E-state index in [0.717, 1.165) is 11.3 Å². The van der Waals surface area contributed by atoms with Gasteiger partial charge in [0.15, 0.2) is 0 Å². The van der Waals surface area contributed by atoms with Crippen molar-refractivity contribution >= 4 is 22.9 Å². The van der Waals surface area contributed by atoms with Crippen LogP contribution in [0.1, 0.15) is 11.3 Å². The molecule has 4 nitrogen and oxygen atoms in total. The molecule has 0 bridgehead atoms. The lowest BCUT2D eigenvalue weighted by Gasteiger charge is -2.16. The number of rotatable bonds is 4. The van der Waals surface area contributed by atoms with Gasteiger partial charge in [-0.1, -0.05) is 12.1 Å². The molecule has 0 saturated heterocycles. The van der Waals surface area contributed by atoms with Gasteiger partial charge in [-0.3, -0.25) is 4.79 Å². The zero-order chi connectivity index (χ0) is 13.0. The Morgan fingerprint density at radius 3 is 3.00 bits per heavy atom. The van der Waals surface area contributed by atoms with Gasteiger partial charge in [-0.2, -0.15) is 0 Å². The van der Waals surface area contributed by atoms with Gasteiger partial charge in [-0.05, 0) is 17.7 Å². The summed E-state index contributed by atoms with van der Waals surface area (Å²) in [5, 5.41) is 1.95. The van der Waals surface area contributed by atoms with E-state index in [9.17, 15) is 4.79 Å². The maximum Gasteiger partial charge on any atom is 0.227 e. The molecule has 94 valence electrons. The van der Waals surface area contributed by atoms with Crippen LogP contribution in [0.5, 0.6) is 0 Å². The summed E-state index contributed by atoms with van der Waals surface area (Å²) in [5.74, 6) is 0.0635. The molecule has 5 heteroatoms. The maximum atomic E-state index is 12.0. The molecule has 2 rings (SSSR count). The summed E-state index contributed by atoms with van der Waals surface area (Å²) in [7, 11) is 1.79. The van der Waals surface area contributed by atoms with E-state index in [0.29, 0.717) is 18.7 Å². The molecule has 0 radical (unpaired) electrons. The summed E-state index contributed by atoms with van der Waals surface area (Å²) in [5.41, 5.74) is 9.99. The molecule has 0 fully saturated rings. The summed E-state index contributed by atoms with van der Waals surface area (Å²) in [6.45, 7) is 0.546. The summed E-state index contributed by atoms with van der Waals surface area (Å²) < 4.78 is 0. The second-order valence-corrected chi connectivity index (χ2v) is 4.87. The van der Waals surface area contributed by atoms with Crippen molar-refractivity contribution < 1.29 is 4.79 Å². The summed E-state index contributed by atoms with van der Waals surface area (Å²) in [6.07, 6.45) is 0.367. The quantitative estimate of drug-likeness (QED) is 0.855. The molecule has 2 N–H and O–H groups in total. The molecule has 0 saturated carbocycles. The number of nitrogens with zero attached hydrogens (tertiary/aromatic N) is 2. The van der Waals surface area contributed by atoms with Crippen LogP contribution in [0.4, 0.5) is 5.69 Å². The Balaban J connectivity index is 1.95. The number of nitrogen functional groups attached to an aromatic ring is 1. The highest BCUT2D eigenvalue weighted by Gasteiger charge is 2.11. The molecule has 1 aromatic heterocycles. The van der Waals surface area contributed by atoms with Crippen molar-refractivity contribution in [3.63, 3.8) is 0 Å². The van der Waals surface area contributed by atoms with Crippen LogP contribution < -0.4 is 5.73 Å². The van der Waals surface area contributed by atoms with Gasteiger partial charge in [0.25, 0.3) is 0 Å². The highest BCUT2D eigenvalue weighted by atomic mass is 32.1. The number of likely N-dealkylation sites (N-methyl/N-ethyl adjacent to an activating group) is 1. The largest absolute Gasteiger partial charge is 0.399 e. The van der Waals surface area contributed by atoms with Crippen LogP contribution in [0.3, 0.4) is 0 Å². The zero-order valence-electron chi connectivity index (χ0n) is 10.2. The molecule has 0 aliphatic carbocycles. The van der Waals surface area contributed by atoms with E-state index in [1.807, 2.05) is 29.6 Å².